The van der Waals surface area contributed by atoms with Crippen molar-refractivity contribution in [1.82, 2.24) is 15.0 Å². The number of carbonyl (C=O) groups is 1. The van der Waals surface area contributed by atoms with Crippen molar-refractivity contribution in [3.8, 4) is 11.4 Å². The predicted molar refractivity (Wildman–Crippen MR) is 83.4 cm³/mol. The van der Waals surface area contributed by atoms with Gasteiger partial charge in [-0.15, -0.1) is 11.6 Å². The average molecular weight is 320 g/mol. The Bertz CT molecular complexity index is 642. The van der Waals surface area contributed by atoms with E-state index in [1.807, 2.05) is 30.3 Å². The fraction of sp³-hybridized carbons (Fsp3) is 0.438. The molecule has 22 heavy (non-hydrogen) atoms. The van der Waals surface area contributed by atoms with E-state index in [0.717, 1.165) is 24.8 Å². The minimum Gasteiger partial charge on any atom is -0.337 e. The number of alkyl halides is 1. The molecule has 0 spiro atoms. The summed E-state index contributed by atoms with van der Waals surface area (Å²) < 4.78 is 5.42. The van der Waals surface area contributed by atoms with Crippen molar-refractivity contribution >= 4 is 17.5 Å². The molecule has 2 aromatic rings. The van der Waals surface area contributed by atoms with Gasteiger partial charge in [-0.1, -0.05) is 35.5 Å². The van der Waals surface area contributed by atoms with Crippen LogP contribution in [0.2, 0.25) is 0 Å². The Morgan fingerprint density at radius 1 is 1.36 bits per heavy atom. The lowest BCUT2D eigenvalue weighted by atomic mass is 10.0. The van der Waals surface area contributed by atoms with Crippen LogP contribution in [0.1, 0.15) is 38.1 Å². The molecule has 5 nitrogen and oxygen atoms in total. The molecule has 0 radical (unpaired) electrons. The number of hydrogen-bond acceptors (Lipinski definition) is 4. The maximum Gasteiger partial charge on any atom is 0.249 e. The van der Waals surface area contributed by atoms with Crippen LogP contribution in [0.5, 0.6) is 0 Å². The lowest BCUT2D eigenvalue weighted by molar-refractivity contribution is -0.135. The van der Waals surface area contributed by atoms with E-state index in [4.69, 9.17) is 16.1 Å². The summed E-state index contributed by atoms with van der Waals surface area (Å²) >= 11 is 5.96. The molecule has 116 valence electrons. The molecular formula is C16H18ClN3O2. The summed E-state index contributed by atoms with van der Waals surface area (Å²) in [5, 5.41) is 3.50. The predicted octanol–water partition coefficient (Wildman–Crippen LogP) is 3.42. The zero-order valence-electron chi connectivity index (χ0n) is 12.4. The molecule has 1 aliphatic rings. The monoisotopic (exact) mass is 319 g/mol. The van der Waals surface area contributed by atoms with Gasteiger partial charge in [-0.3, -0.25) is 4.79 Å². The highest BCUT2D eigenvalue weighted by atomic mass is 35.5. The zero-order valence-corrected chi connectivity index (χ0v) is 13.2. The number of nitrogens with zero attached hydrogens (tertiary/aromatic N) is 3. The van der Waals surface area contributed by atoms with Gasteiger partial charge in [0.25, 0.3) is 0 Å². The summed E-state index contributed by atoms with van der Waals surface area (Å²) in [5.41, 5.74) is 0.900. The molecule has 1 saturated heterocycles. The van der Waals surface area contributed by atoms with E-state index in [2.05, 4.69) is 10.1 Å². The normalized spacial score (nSPS) is 19.9. The summed E-state index contributed by atoms with van der Waals surface area (Å²) in [4.78, 5) is 18.5. The molecule has 1 amide bonds. The number of benzene rings is 1. The smallest absolute Gasteiger partial charge is 0.249 e. The number of likely N-dealkylation sites (tertiary alicyclic amines) is 1. The van der Waals surface area contributed by atoms with Crippen molar-refractivity contribution in [2.75, 3.05) is 6.54 Å². The highest BCUT2D eigenvalue weighted by Gasteiger charge is 2.33. The largest absolute Gasteiger partial charge is 0.337 e. The fourth-order valence-corrected chi connectivity index (χ4v) is 2.88. The van der Waals surface area contributed by atoms with Gasteiger partial charge in [-0.25, -0.2) is 0 Å². The van der Waals surface area contributed by atoms with Gasteiger partial charge in [-0.2, -0.15) is 4.98 Å². The van der Waals surface area contributed by atoms with Gasteiger partial charge in [-0.05, 0) is 26.2 Å². The first-order valence-electron chi connectivity index (χ1n) is 7.50. The summed E-state index contributed by atoms with van der Waals surface area (Å²) in [7, 11) is 0. The summed E-state index contributed by atoms with van der Waals surface area (Å²) in [5.74, 6) is 0.961. The van der Waals surface area contributed by atoms with Crippen molar-refractivity contribution in [3.05, 3.63) is 36.2 Å². The average Bonchev–Trinajstić information content (AvgIpc) is 3.05. The lowest BCUT2D eigenvalue weighted by Gasteiger charge is -2.34. The maximum atomic E-state index is 12.3. The van der Waals surface area contributed by atoms with Crippen LogP contribution in [0.3, 0.4) is 0 Å². The fourth-order valence-electron chi connectivity index (χ4n) is 2.76. The second kappa shape index (κ2) is 6.48. The van der Waals surface area contributed by atoms with E-state index < -0.39 is 5.38 Å². The molecule has 2 unspecified atom stereocenters. The summed E-state index contributed by atoms with van der Waals surface area (Å²) in [6.07, 6.45) is 2.84. The Labute approximate surface area is 134 Å². The second-order valence-corrected chi connectivity index (χ2v) is 6.14. The van der Waals surface area contributed by atoms with E-state index in [1.165, 1.54) is 0 Å². The van der Waals surface area contributed by atoms with Crippen LogP contribution in [0, 0.1) is 0 Å². The number of halogens is 1. The van der Waals surface area contributed by atoms with Crippen LogP contribution < -0.4 is 0 Å². The molecule has 0 aliphatic carbocycles. The van der Waals surface area contributed by atoms with E-state index >= 15 is 0 Å². The van der Waals surface area contributed by atoms with Gasteiger partial charge in [0.1, 0.15) is 11.4 Å². The minimum absolute atomic E-state index is 0.0779. The standard InChI is InChI=1S/C16H18ClN3O2/c1-11(17)16(21)20-10-6-5-9-13(20)15-18-14(19-22-15)12-7-3-2-4-8-12/h2-4,7-8,11,13H,5-6,9-10H2,1H3. The highest BCUT2D eigenvalue weighted by molar-refractivity contribution is 6.30. The van der Waals surface area contributed by atoms with Crippen molar-refractivity contribution in [2.45, 2.75) is 37.6 Å². The summed E-state index contributed by atoms with van der Waals surface area (Å²) in [6.45, 7) is 2.38. The van der Waals surface area contributed by atoms with Gasteiger partial charge in [0.2, 0.25) is 17.6 Å². The van der Waals surface area contributed by atoms with E-state index in [9.17, 15) is 4.79 Å². The van der Waals surface area contributed by atoms with Crippen LogP contribution in [-0.4, -0.2) is 32.9 Å². The Balaban J connectivity index is 1.86. The lowest BCUT2D eigenvalue weighted by Crippen LogP contribution is -2.41. The van der Waals surface area contributed by atoms with Crippen LogP contribution >= 0.6 is 11.6 Å². The molecule has 0 bridgehead atoms. The Kier molecular flexibility index (Phi) is 4.43. The Hall–Kier alpha value is -1.88. The quantitative estimate of drug-likeness (QED) is 0.813. The van der Waals surface area contributed by atoms with Crippen molar-refractivity contribution in [1.29, 1.82) is 0 Å². The molecule has 2 heterocycles. The number of carbonyl (C=O) groups excluding carboxylic acids is 1. The molecule has 1 aromatic heterocycles. The number of aromatic nitrogens is 2. The number of piperidine rings is 1. The molecule has 3 rings (SSSR count). The number of hydrogen-bond donors (Lipinski definition) is 0. The van der Waals surface area contributed by atoms with Crippen molar-refractivity contribution < 1.29 is 9.32 Å². The number of amides is 1. The topological polar surface area (TPSA) is 59.2 Å². The van der Waals surface area contributed by atoms with Gasteiger partial charge in [0.05, 0.1) is 0 Å². The molecule has 2 atom stereocenters. The third kappa shape index (κ3) is 2.99. The first-order valence-corrected chi connectivity index (χ1v) is 7.94. The third-order valence-corrected chi connectivity index (χ3v) is 4.07. The van der Waals surface area contributed by atoms with Gasteiger partial charge >= 0.3 is 0 Å². The van der Waals surface area contributed by atoms with E-state index in [0.29, 0.717) is 18.3 Å². The first kappa shape index (κ1) is 15.0. The van der Waals surface area contributed by atoms with Crippen molar-refractivity contribution in [2.24, 2.45) is 0 Å². The first-order chi connectivity index (χ1) is 10.7. The molecule has 0 N–H and O–H groups in total. The second-order valence-electron chi connectivity index (χ2n) is 5.48. The van der Waals surface area contributed by atoms with Gasteiger partial charge in [0, 0.05) is 12.1 Å². The molecule has 6 heteroatoms. The van der Waals surface area contributed by atoms with Crippen molar-refractivity contribution in [3.63, 3.8) is 0 Å². The summed E-state index contributed by atoms with van der Waals surface area (Å²) in [6, 6.07) is 9.48. The molecule has 1 aromatic carbocycles. The van der Waals surface area contributed by atoms with Gasteiger partial charge < -0.3 is 9.42 Å². The Morgan fingerprint density at radius 3 is 2.86 bits per heavy atom. The maximum absolute atomic E-state index is 12.3. The van der Waals surface area contributed by atoms with Crippen LogP contribution in [0.25, 0.3) is 11.4 Å². The highest BCUT2D eigenvalue weighted by Crippen LogP contribution is 2.32. The van der Waals surface area contributed by atoms with E-state index in [-0.39, 0.29) is 11.9 Å². The van der Waals surface area contributed by atoms with E-state index in [1.54, 1.807) is 11.8 Å². The minimum atomic E-state index is -0.544. The SMILES string of the molecule is CC(Cl)C(=O)N1CCCCC1c1nc(-c2ccccc2)no1. The zero-order chi connectivity index (χ0) is 15.5. The number of rotatable bonds is 3. The molecular weight excluding hydrogens is 302 g/mol. The van der Waals surface area contributed by atoms with Crippen LogP contribution in [0.15, 0.2) is 34.9 Å². The Morgan fingerprint density at radius 2 is 2.14 bits per heavy atom. The molecule has 0 saturated carbocycles. The molecule has 1 aliphatic heterocycles. The molecule has 1 fully saturated rings. The van der Waals surface area contributed by atoms with Gasteiger partial charge in [0.15, 0.2) is 0 Å². The van der Waals surface area contributed by atoms with Crippen LogP contribution in [0.4, 0.5) is 0 Å². The third-order valence-electron chi connectivity index (χ3n) is 3.88. The van der Waals surface area contributed by atoms with Crippen LogP contribution in [-0.2, 0) is 4.79 Å².